The normalized spacial score (nSPS) is 10.2. The lowest BCUT2D eigenvalue weighted by molar-refractivity contribution is 1.10. The predicted molar refractivity (Wildman–Crippen MR) is 53.4 cm³/mol. The molecule has 0 radical (unpaired) electrons. The Balaban J connectivity index is 2.49. The Labute approximate surface area is 80.5 Å². The number of hydrogen-bond acceptors (Lipinski definition) is 2. The van der Waals surface area contributed by atoms with Crippen molar-refractivity contribution in [2.45, 2.75) is 0 Å². The van der Waals surface area contributed by atoms with E-state index in [1.807, 2.05) is 18.2 Å². The average Bonchev–Trinajstić information content (AvgIpc) is 2.62. The minimum absolute atomic E-state index is 0.562. The Morgan fingerprint density at radius 3 is 2.77 bits per heavy atom. The highest BCUT2D eigenvalue weighted by Crippen LogP contribution is 2.25. The van der Waals surface area contributed by atoms with Gasteiger partial charge in [0.2, 0.25) is 0 Å². The minimum atomic E-state index is 0.562. The van der Waals surface area contributed by atoms with Gasteiger partial charge >= 0.3 is 0 Å². The van der Waals surface area contributed by atoms with Crippen molar-refractivity contribution in [1.29, 1.82) is 0 Å². The summed E-state index contributed by atoms with van der Waals surface area (Å²) >= 11 is 5.87. The standard InChI is InChI=1S/C9H8ClN3/c10-7-5-6(1-2-8(7)11)9-3-4-12-13-9/h1-5H,11H2,(H,12,13). The maximum Gasteiger partial charge on any atom is 0.0650 e. The van der Waals surface area contributed by atoms with Gasteiger partial charge in [-0.3, -0.25) is 5.10 Å². The summed E-state index contributed by atoms with van der Waals surface area (Å²) in [4.78, 5) is 0. The van der Waals surface area contributed by atoms with E-state index in [1.54, 1.807) is 12.3 Å². The van der Waals surface area contributed by atoms with E-state index in [2.05, 4.69) is 10.2 Å². The number of benzene rings is 1. The third kappa shape index (κ3) is 1.51. The van der Waals surface area contributed by atoms with Crippen LogP contribution in [0.25, 0.3) is 11.3 Å². The molecule has 3 nitrogen and oxygen atoms in total. The van der Waals surface area contributed by atoms with Crippen LogP contribution in [0.5, 0.6) is 0 Å². The summed E-state index contributed by atoms with van der Waals surface area (Å²) < 4.78 is 0. The fourth-order valence-corrected chi connectivity index (χ4v) is 1.29. The van der Waals surface area contributed by atoms with Crippen LogP contribution in [0, 0.1) is 0 Å². The van der Waals surface area contributed by atoms with Crippen molar-refractivity contribution in [2.75, 3.05) is 5.73 Å². The summed E-state index contributed by atoms with van der Waals surface area (Å²) in [6, 6.07) is 7.36. The van der Waals surface area contributed by atoms with E-state index in [9.17, 15) is 0 Å². The summed E-state index contributed by atoms with van der Waals surface area (Å²) in [5, 5.41) is 7.26. The molecule has 4 heteroatoms. The molecule has 0 atom stereocenters. The Kier molecular flexibility index (Phi) is 1.94. The Bertz CT molecular complexity index is 409. The number of nitrogens with two attached hydrogens (primary N) is 1. The van der Waals surface area contributed by atoms with E-state index < -0.39 is 0 Å². The third-order valence-corrected chi connectivity index (χ3v) is 2.14. The molecule has 0 bridgehead atoms. The summed E-state index contributed by atoms with van der Waals surface area (Å²) in [5.74, 6) is 0. The van der Waals surface area contributed by atoms with E-state index in [0.717, 1.165) is 11.3 Å². The molecule has 66 valence electrons. The SMILES string of the molecule is Nc1ccc(-c2ccn[nH]2)cc1Cl. The quantitative estimate of drug-likeness (QED) is 0.683. The summed E-state index contributed by atoms with van der Waals surface area (Å²) in [5.41, 5.74) is 8.09. The molecule has 2 rings (SSSR count). The highest BCUT2D eigenvalue weighted by Gasteiger charge is 2.01. The van der Waals surface area contributed by atoms with Crippen LogP contribution in [0.4, 0.5) is 5.69 Å². The van der Waals surface area contributed by atoms with Gasteiger partial charge in [-0.2, -0.15) is 5.10 Å². The van der Waals surface area contributed by atoms with Gasteiger partial charge in [0.1, 0.15) is 0 Å². The first-order chi connectivity index (χ1) is 6.27. The van der Waals surface area contributed by atoms with Gasteiger partial charge in [0.25, 0.3) is 0 Å². The predicted octanol–water partition coefficient (Wildman–Crippen LogP) is 2.31. The first-order valence-electron chi connectivity index (χ1n) is 3.82. The zero-order chi connectivity index (χ0) is 9.26. The Morgan fingerprint density at radius 1 is 1.31 bits per heavy atom. The van der Waals surface area contributed by atoms with E-state index >= 15 is 0 Å². The molecule has 0 aliphatic rings. The van der Waals surface area contributed by atoms with E-state index in [0.29, 0.717) is 10.7 Å². The number of nitrogens with zero attached hydrogens (tertiary/aromatic N) is 1. The number of nitrogens with one attached hydrogen (secondary N) is 1. The van der Waals surface area contributed by atoms with Crippen LogP contribution in [0.2, 0.25) is 5.02 Å². The van der Waals surface area contributed by atoms with Gasteiger partial charge in [0, 0.05) is 11.8 Å². The first kappa shape index (κ1) is 8.13. The summed E-state index contributed by atoms with van der Waals surface area (Å²) in [6.45, 7) is 0. The maximum atomic E-state index is 5.87. The van der Waals surface area contributed by atoms with E-state index in [1.165, 1.54) is 0 Å². The second-order valence-electron chi connectivity index (χ2n) is 2.71. The van der Waals surface area contributed by atoms with Gasteiger partial charge in [-0.25, -0.2) is 0 Å². The van der Waals surface area contributed by atoms with Crippen LogP contribution >= 0.6 is 11.6 Å². The molecule has 0 saturated heterocycles. The molecule has 3 N–H and O–H groups in total. The minimum Gasteiger partial charge on any atom is -0.398 e. The van der Waals surface area contributed by atoms with E-state index in [-0.39, 0.29) is 0 Å². The molecule has 0 amide bonds. The molecule has 0 unspecified atom stereocenters. The fourth-order valence-electron chi connectivity index (χ4n) is 1.11. The zero-order valence-corrected chi connectivity index (χ0v) is 7.55. The molecule has 1 aromatic carbocycles. The van der Waals surface area contributed by atoms with Crippen LogP contribution in [-0.4, -0.2) is 10.2 Å². The average molecular weight is 194 g/mol. The van der Waals surface area contributed by atoms with Gasteiger partial charge in [-0.1, -0.05) is 17.7 Å². The number of anilines is 1. The molecule has 1 heterocycles. The molecular weight excluding hydrogens is 186 g/mol. The van der Waals surface area contributed by atoms with Gasteiger partial charge < -0.3 is 5.73 Å². The topological polar surface area (TPSA) is 54.7 Å². The van der Waals surface area contributed by atoms with Crippen molar-refractivity contribution >= 4 is 17.3 Å². The second kappa shape index (κ2) is 3.11. The number of rotatable bonds is 1. The summed E-state index contributed by atoms with van der Waals surface area (Å²) in [6.07, 6.45) is 1.69. The molecule has 0 aliphatic carbocycles. The molecule has 2 aromatic rings. The van der Waals surface area contributed by atoms with Crippen molar-refractivity contribution in [2.24, 2.45) is 0 Å². The third-order valence-electron chi connectivity index (χ3n) is 1.81. The molecular formula is C9H8ClN3. The van der Waals surface area contributed by atoms with Crippen molar-refractivity contribution in [3.05, 3.63) is 35.5 Å². The number of hydrogen-bond donors (Lipinski definition) is 2. The Morgan fingerprint density at radius 2 is 2.15 bits per heavy atom. The number of aromatic nitrogens is 2. The number of H-pyrrole nitrogens is 1. The van der Waals surface area contributed by atoms with Crippen LogP contribution in [0.15, 0.2) is 30.5 Å². The number of halogens is 1. The first-order valence-corrected chi connectivity index (χ1v) is 4.20. The molecule has 0 fully saturated rings. The highest BCUT2D eigenvalue weighted by atomic mass is 35.5. The molecule has 13 heavy (non-hydrogen) atoms. The number of nitrogen functional groups attached to an aromatic ring is 1. The molecule has 0 spiro atoms. The lowest BCUT2D eigenvalue weighted by Crippen LogP contribution is -1.86. The zero-order valence-electron chi connectivity index (χ0n) is 6.79. The molecule has 0 aliphatic heterocycles. The molecule has 1 aromatic heterocycles. The monoisotopic (exact) mass is 193 g/mol. The van der Waals surface area contributed by atoms with Gasteiger partial charge in [0.05, 0.1) is 16.4 Å². The lowest BCUT2D eigenvalue weighted by atomic mass is 10.1. The highest BCUT2D eigenvalue weighted by molar-refractivity contribution is 6.33. The Hall–Kier alpha value is -1.48. The molecule has 0 saturated carbocycles. The second-order valence-corrected chi connectivity index (χ2v) is 3.11. The van der Waals surface area contributed by atoms with E-state index in [4.69, 9.17) is 17.3 Å². The fraction of sp³-hybridized carbons (Fsp3) is 0. The van der Waals surface area contributed by atoms with Crippen LogP contribution in [-0.2, 0) is 0 Å². The van der Waals surface area contributed by atoms with Gasteiger partial charge in [-0.05, 0) is 18.2 Å². The van der Waals surface area contributed by atoms with Crippen molar-refractivity contribution < 1.29 is 0 Å². The smallest absolute Gasteiger partial charge is 0.0650 e. The van der Waals surface area contributed by atoms with Crippen LogP contribution in [0.1, 0.15) is 0 Å². The van der Waals surface area contributed by atoms with Crippen LogP contribution in [0.3, 0.4) is 0 Å². The number of aromatic amines is 1. The maximum absolute atomic E-state index is 5.87. The van der Waals surface area contributed by atoms with Crippen molar-refractivity contribution in [3.63, 3.8) is 0 Å². The largest absolute Gasteiger partial charge is 0.398 e. The van der Waals surface area contributed by atoms with Gasteiger partial charge in [-0.15, -0.1) is 0 Å². The lowest BCUT2D eigenvalue weighted by Gasteiger charge is -2.00. The van der Waals surface area contributed by atoms with Crippen molar-refractivity contribution in [3.8, 4) is 11.3 Å². The van der Waals surface area contributed by atoms with Crippen LogP contribution < -0.4 is 5.73 Å². The van der Waals surface area contributed by atoms with Crippen molar-refractivity contribution in [1.82, 2.24) is 10.2 Å². The van der Waals surface area contributed by atoms with Gasteiger partial charge in [0.15, 0.2) is 0 Å². The summed E-state index contributed by atoms with van der Waals surface area (Å²) in [7, 11) is 0.